The molecule has 0 unspecified atom stereocenters. The van der Waals surface area contributed by atoms with E-state index in [1.807, 2.05) is 24.3 Å². The molecular weight excluding hydrogens is 306 g/mol. The number of aromatic amines is 1. The third-order valence-corrected chi connectivity index (χ3v) is 3.54. The summed E-state index contributed by atoms with van der Waals surface area (Å²) in [6, 6.07) is 11.0. The van der Waals surface area contributed by atoms with Crippen LogP contribution in [-0.4, -0.2) is 30.3 Å². The maximum atomic E-state index is 12.1. The van der Waals surface area contributed by atoms with Crippen molar-refractivity contribution < 1.29 is 14.3 Å². The molecule has 0 spiro atoms. The van der Waals surface area contributed by atoms with Gasteiger partial charge in [0.2, 0.25) is 5.91 Å². The second-order valence-electron chi connectivity index (χ2n) is 5.11. The van der Waals surface area contributed by atoms with Crippen LogP contribution in [0.4, 0.5) is 5.69 Å². The van der Waals surface area contributed by atoms with Crippen LogP contribution in [0.25, 0.3) is 17.0 Å². The fourth-order valence-corrected chi connectivity index (χ4v) is 2.33. The Bertz CT molecular complexity index is 899. The second-order valence-corrected chi connectivity index (χ2v) is 5.11. The van der Waals surface area contributed by atoms with E-state index in [4.69, 9.17) is 9.47 Å². The highest BCUT2D eigenvalue weighted by Crippen LogP contribution is 2.28. The minimum absolute atomic E-state index is 0.219. The summed E-state index contributed by atoms with van der Waals surface area (Å²) >= 11 is 0. The van der Waals surface area contributed by atoms with Gasteiger partial charge in [-0.25, -0.2) is 0 Å². The summed E-state index contributed by atoms with van der Waals surface area (Å²) in [7, 11) is 3.15. The maximum absolute atomic E-state index is 12.1. The number of nitrogens with one attached hydrogen (secondary N) is 2. The molecule has 2 aromatic carbocycles. The summed E-state index contributed by atoms with van der Waals surface area (Å²) in [4.78, 5) is 12.1. The number of aromatic nitrogens is 2. The van der Waals surface area contributed by atoms with E-state index in [0.29, 0.717) is 17.2 Å². The average molecular weight is 323 g/mol. The first-order valence-corrected chi connectivity index (χ1v) is 7.34. The van der Waals surface area contributed by atoms with Crippen molar-refractivity contribution in [2.75, 3.05) is 19.5 Å². The van der Waals surface area contributed by atoms with E-state index in [0.717, 1.165) is 16.5 Å². The predicted molar refractivity (Wildman–Crippen MR) is 93.3 cm³/mol. The largest absolute Gasteiger partial charge is 0.493 e. The number of H-pyrrole nitrogens is 1. The molecule has 6 nitrogen and oxygen atoms in total. The zero-order chi connectivity index (χ0) is 16.9. The molecular formula is C18H17N3O3. The highest BCUT2D eigenvalue weighted by Gasteiger charge is 2.04. The van der Waals surface area contributed by atoms with Crippen LogP contribution in [0, 0.1) is 0 Å². The molecule has 0 aliphatic carbocycles. The fraction of sp³-hybridized carbons (Fsp3) is 0.111. The van der Waals surface area contributed by atoms with Gasteiger partial charge in [-0.3, -0.25) is 9.89 Å². The molecule has 24 heavy (non-hydrogen) atoms. The lowest BCUT2D eigenvalue weighted by atomic mass is 10.2. The average Bonchev–Trinajstić information content (AvgIpc) is 3.07. The Morgan fingerprint density at radius 1 is 1.12 bits per heavy atom. The molecule has 1 heterocycles. The van der Waals surface area contributed by atoms with Gasteiger partial charge in [-0.05, 0) is 42.0 Å². The molecule has 3 aromatic rings. The Kier molecular flexibility index (Phi) is 4.47. The topological polar surface area (TPSA) is 76.2 Å². The Hall–Kier alpha value is -3.28. The van der Waals surface area contributed by atoms with E-state index in [-0.39, 0.29) is 5.91 Å². The zero-order valence-corrected chi connectivity index (χ0v) is 13.4. The van der Waals surface area contributed by atoms with Crippen molar-refractivity contribution in [1.82, 2.24) is 10.2 Å². The molecule has 0 atom stereocenters. The van der Waals surface area contributed by atoms with Crippen LogP contribution in [0.2, 0.25) is 0 Å². The van der Waals surface area contributed by atoms with Gasteiger partial charge < -0.3 is 14.8 Å². The van der Waals surface area contributed by atoms with E-state index in [1.165, 1.54) is 6.08 Å². The molecule has 3 rings (SSSR count). The lowest BCUT2D eigenvalue weighted by molar-refractivity contribution is -0.111. The van der Waals surface area contributed by atoms with Gasteiger partial charge in [0.15, 0.2) is 11.5 Å². The number of fused-ring (bicyclic) bond motifs is 1. The molecule has 122 valence electrons. The molecule has 0 aliphatic rings. The molecule has 1 amide bonds. The summed E-state index contributed by atoms with van der Waals surface area (Å²) in [6.45, 7) is 0. The van der Waals surface area contributed by atoms with Crippen LogP contribution >= 0.6 is 0 Å². The van der Waals surface area contributed by atoms with Crippen LogP contribution < -0.4 is 14.8 Å². The highest BCUT2D eigenvalue weighted by atomic mass is 16.5. The number of nitrogens with zero attached hydrogens (tertiary/aromatic N) is 1. The molecule has 2 N–H and O–H groups in total. The van der Waals surface area contributed by atoms with Crippen molar-refractivity contribution in [1.29, 1.82) is 0 Å². The van der Waals surface area contributed by atoms with Crippen molar-refractivity contribution in [3.63, 3.8) is 0 Å². The third-order valence-electron chi connectivity index (χ3n) is 3.54. The Balaban J connectivity index is 1.70. The number of carbonyl (C=O) groups is 1. The van der Waals surface area contributed by atoms with E-state index < -0.39 is 0 Å². The van der Waals surface area contributed by atoms with Crippen LogP contribution in [0.1, 0.15) is 5.56 Å². The number of ether oxygens (including phenoxy) is 2. The summed E-state index contributed by atoms with van der Waals surface area (Å²) in [5, 5.41) is 10.6. The van der Waals surface area contributed by atoms with Crippen molar-refractivity contribution in [2.24, 2.45) is 0 Å². The SMILES string of the molecule is COc1ccc(C=CC(=O)Nc2ccc3cn[nH]c3c2)cc1OC. The quantitative estimate of drug-likeness (QED) is 0.707. The lowest BCUT2D eigenvalue weighted by Gasteiger charge is -2.07. The normalized spacial score (nSPS) is 10.9. The smallest absolute Gasteiger partial charge is 0.248 e. The minimum Gasteiger partial charge on any atom is -0.493 e. The summed E-state index contributed by atoms with van der Waals surface area (Å²) < 4.78 is 10.4. The van der Waals surface area contributed by atoms with E-state index >= 15 is 0 Å². The first-order valence-electron chi connectivity index (χ1n) is 7.34. The maximum Gasteiger partial charge on any atom is 0.248 e. The van der Waals surface area contributed by atoms with Crippen molar-refractivity contribution in [2.45, 2.75) is 0 Å². The summed E-state index contributed by atoms with van der Waals surface area (Å²) in [5.41, 5.74) is 2.41. The molecule has 6 heteroatoms. The molecule has 0 fully saturated rings. The molecule has 0 aliphatic heterocycles. The first-order chi connectivity index (χ1) is 11.7. The number of amides is 1. The monoisotopic (exact) mass is 323 g/mol. The number of hydrogen-bond donors (Lipinski definition) is 2. The number of hydrogen-bond acceptors (Lipinski definition) is 4. The minimum atomic E-state index is -0.219. The molecule has 0 saturated heterocycles. The number of carbonyl (C=O) groups excluding carboxylic acids is 1. The third kappa shape index (κ3) is 3.38. The van der Waals surface area contributed by atoms with Gasteiger partial charge in [-0.1, -0.05) is 6.07 Å². The van der Waals surface area contributed by atoms with Crippen LogP contribution in [0.3, 0.4) is 0 Å². The van der Waals surface area contributed by atoms with Gasteiger partial charge in [0.25, 0.3) is 0 Å². The van der Waals surface area contributed by atoms with Gasteiger partial charge in [-0.2, -0.15) is 5.10 Å². The van der Waals surface area contributed by atoms with Crippen molar-refractivity contribution >= 4 is 28.6 Å². The van der Waals surface area contributed by atoms with E-state index in [1.54, 1.807) is 38.6 Å². The first kappa shape index (κ1) is 15.6. The predicted octanol–water partition coefficient (Wildman–Crippen LogP) is 3.23. The molecule has 0 bridgehead atoms. The Morgan fingerprint density at radius 2 is 1.96 bits per heavy atom. The molecule has 0 radical (unpaired) electrons. The highest BCUT2D eigenvalue weighted by molar-refractivity contribution is 6.02. The molecule has 0 saturated carbocycles. The van der Waals surface area contributed by atoms with E-state index in [2.05, 4.69) is 15.5 Å². The van der Waals surface area contributed by atoms with E-state index in [9.17, 15) is 4.79 Å². The zero-order valence-electron chi connectivity index (χ0n) is 13.4. The van der Waals surface area contributed by atoms with Gasteiger partial charge >= 0.3 is 0 Å². The Morgan fingerprint density at radius 3 is 2.75 bits per heavy atom. The number of rotatable bonds is 5. The summed E-state index contributed by atoms with van der Waals surface area (Å²) in [6.07, 6.45) is 4.92. The molecule has 1 aromatic heterocycles. The fourth-order valence-electron chi connectivity index (χ4n) is 2.33. The van der Waals surface area contributed by atoms with Crippen LogP contribution in [0.5, 0.6) is 11.5 Å². The summed E-state index contributed by atoms with van der Waals surface area (Å²) in [5.74, 6) is 1.04. The van der Waals surface area contributed by atoms with Gasteiger partial charge in [0.05, 0.1) is 25.9 Å². The number of methoxy groups -OCH3 is 2. The van der Waals surface area contributed by atoms with Gasteiger partial charge in [0.1, 0.15) is 0 Å². The van der Waals surface area contributed by atoms with Crippen molar-refractivity contribution in [3.8, 4) is 11.5 Å². The van der Waals surface area contributed by atoms with Gasteiger partial charge in [-0.15, -0.1) is 0 Å². The second kappa shape index (κ2) is 6.87. The standard InChI is InChI=1S/C18H17N3O3/c1-23-16-7-3-12(9-17(16)24-2)4-8-18(22)20-14-6-5-13-11-19-21-15(13)10-14/h3-11H,1-2H3,(H,19,21)(H,20,22). The van der Waals surface area contributed by atoms with Gasteiger partial charge in [0, 0.05) is 17.1 Å². The van der Waals surface area contributed by atoms with Crippen LogP contribution in [-0.2, 0) is 4.79 Å². The Labute approximate surface area is 139 Å². The van der Waals surface area contributed by atoms with Crippen molar-refractivity contribution in [3.05, 3.63) is 54.2 Å². The number of benzene rings is 2. The van der Waals surface area contributed by atoms with Crippen LogP contribution in [0.15, 0.2) is 48.7 Å². The lowest BCUT2D eigenvalue weighted by Crippen LogP contribution is -2.07. The number of anilines is 1.